The number of aliphatic hydroxyl groups is 1. The molecule has 0 spiro atoms. The number of fused-ring (bicyclic) bond motifs is 1. The first-order valence-corrected chi connectivity index (χ1v) is 6.74. The molecule has 1 aromatic heterocycles. The number of aromatic nitrogens is 1. The van der Waals surface area contributed by atoms with Crippen LogP contribution in [-0.2, 0) is 19.4 Å². The van der Waals surface area contributed by atoms with E-state index in [1.165, 1.54) is 11.1 Å². The van der Waals surface area contributed by atoms with Gasteiger partial charge in [0.15, 0.2) is 0 Å². The van der Waals surface area contributed by atoms with Gasteiger partial charge < -0.3 is 10.0 Å². The van der Waals surface area contributed by atoms with Crippen LogP contribution < -0.4 is 4.90 Å². The van der Waals surface area contributed by atoms with Crippen molar-refractivity contribution in [3.8, 4) is 0 Å². The van der Waals surface area contributed by atoms with Gasteiger partial charge in [-0.15, -0.1) is 0 Å². The predicted molar refractivity (Wildman–Crippen MR) is 76.2 cm³/mol. The zero-order valence-electron chi connectivity index (χ0n) is 10.9. The van der Waals surface area contributed by atoms with E-state index >= 15 is 0 Å². The highest BCUT2D eigenvalue weighted by atomic mass is 16.3. The number of anilines is 1. The number of aliphatic hydroxyl groups excluding tert-OH is 1. The van der Waals surface area contributed by atoms with E-state index in [2.05, 4.69) is 34.1 Å². The van der Waals surface area contributed by atoms with E-state index in [9.17, 15) is 5.11 Å². The predicted octanol–water partition coefficient (Wildman–Crippen LogP) is 2.18. The molecular formula is C16H18N2O. The van der Waals surface area contributed by atoms with E-state index in [1.807, 2.05) is 12.1 Å². The third-order valence-corrected chi connectivity index (χ3v) is 3.74. The summed E-state index contributed by atoms with van der Waals surface area (Å²) in [5.74, 6) is 0.972. The Bertz CT molecular complexity index is 541. The molecule has 0 fully saturated rings. The van der Waals surface area contributed by atoms with Crippen molar-refractivity contribution < 1.29 is 5.11 Å². The van der Waals surface area contributed by atoms with Gasteiger partial charge >= 0.3 is 0 Å². The maximum atomic E-state index is 9.21. The third kappa shape index (κ3) is 2.61. The summed E-state index contributed by atoms with van der Waals surface area (Å²) in [6.45, 7) is 2.04. The number of hydrogen-bond donors (Lipinski definition) is 1. The Labute approximate surface area is 113 Å². The van der Waals surface area contributed by atoms with Crippen molar-refractivity contribution >= 4 is 5.82 Å². The number of pyridine rings is 1. The van der Waals surface area contributed by atoms with Gasteiger partial charge in [-0.2, -0.15) is 0 Å². The first-order valence-electron chi connectivity index (χ1n) is 6.74. The molecule has 0 unspecified atom stereocenters. The van der Waals surface area contributed by atoms with Crippen molar-refractivity contribution in [2.24, 2.45) is 0 Å². The highest BCUT2D eigenvalue weighted by molar-refractivity contribution is 5.43. The molecule has 0 saturated heterocycles. The molecule has 1 N–H and O–H groups in total. The zero-order chi connectivity index (χ0) is 13.1. The lowest BCUT2D eigenvalue weighted by molar-refractivity contribution is 0.281. The SMILES string of the molecule is OCc1ccnc(N2CCc3ccccc3CC2)c1. The van der Waals surface area contributed by atoms with Gasteiger partial charge in [-0.05, 0) is 41.7 Å². The lowest BCUT2D eigenvalue weighted by Crippen LogP contribution is -2.26. The Morgan fingerprint density at radius 1 is 1.05 bits per heavy atom. The van der Waals surface area contributed by atoms with Crippen molar-refractivity contribution in [2.45, 2.75) is 19.4 Å². The molecule has 1 aliphatic rings. The maximum Gasteiger partial charge on any atom is 0.128 e. The van der Waals surface area contributed by atoms with Crippen LogP contribution in [0.15, 0.2) is 42.6 Å². The molecule has 2 aromatic rings. The highest BCUT2D eigenvalue weighted by Crippen LogP contribution is 2.20. The topological polar surface area (TPSA) is 36.4 Å². The van der Waals surface area contributed by atoms with Crippen molar-refractivity contribution in [3.63, 3.8) is 0 Å². The van der Waals surface area contributed by atoms with Gasteiger partial charge in [-0.3, -0.25) is 0 Å². The van der Waals surface area contributed by atoms with E-state index in [0.29, 0.717) is 0 Å². The largest absolute Gasteiger partial charge is 0.392 e. The molecule has 19 heavy (non-hydrogen) atoms. The highest BCUT2D eigenvalue weighted by Gasteiger charge is 2.14. The summed E-state index contributed by atoms with van der Waals surface area (Å²) in [6, 6.07) is 12.5. The lowest BCUT2D eigenvalue weighted by Gasteiger charge is -2.21. The van der Waals surface area contributed by atoms with E-state index < -0.39 is 0 Å². The first kappa shape index (κ1) is 12.2. The van der Waals surface area contributed by atoms with Crippen LogP contribution in [0.1, 0.15) is 16.7 Å². The van der Waals surface area contributed by atoms with Crippen LogP contribution in [0, 0.1) is 0 Å². The van der Waals surface area contributed by atoms with Crippen molar-refractivity contribution in [1.82, 2.24) is 4.98 Å². The quantitative estimate of drug-likeness (QED) is 0.892. The van der Waals surface area contributed by atoms with Gasteiger partial charge in [-0.1, -0.05) is 24.3 Å². The first-order chi connectivity index (χ1) is 9.36. The molecule has 1 aliphatic heterocycles. The standard InChI is InChI=1S/C16H18N2O/c19-12-13-5-8-17-16(11-13)18-9-6-14-3-1-2-4-15(14)7-10-18/h1-5,8,11,19H,6-7,9-10,12H2. The Morgan fingerprint density at radius 3 is 2.37 bits per heavy atom. The van der Waals surface area contributed by atoms with Crippen molar-refractivity contribution in [1.29, 1.82) is 0 Å². The molecule has 0 atom stereocenters. The minimum absolute atomic E-state index is 0.0730. The summed E-state index contributed by atoms with van der Waals surface area (Å²) >= 11 is 0. The lowest BCUT2D eigenvalue weighted by atomic mass is 10.0. The molecule has 2 heterocycles. The minimum atomic E-state index is 0.0730. The van der Waals surface area contributed by atoms with Gasteiger partial charge in [0.25, 0.3) is 0 Å². The number of rotatable bonds is 2. The van der Waals surface area contributed by atoms with Crippen LogP contribution in [0.5, 0.6) is 0 Å². The average molecular weight is 254 g/mol. The number of benzene rings is 1. The van der Waals surface area contributed by atoms with Gasteiger partial charge in [-0.25, -0.2) is 4.98 Å². The van der Waals surface area contributed by atoms with Crippen molar-refractivity contribution in [3.05, 3.63) is 59.3 Å². The van der Waals surface area contributed by atoms with Crippen LogP contribution in [-0.4, -0.2) is 23.2 Å². The molecule has 3 nitrogen and oxygen atoms in total. The van der Waals surface area contributed by atoms with E-state index in [-0.39, 0.29) is 6.61 Å². The summed E-state index contributed by atoms with van der Waals surface area (Å²) in [4.78, 5) is 6.74. The molecule has 0 bridgehead atoms. The van der Waals surface area contributed by atoms with Crippen molar-refractivity contribution in [2.75, 3.05) is 18.0 Å². The molecule has 0 amide bonds. The minimum Gasteiger partial charge on any atom is -0.392 e. The van der Waals surface area contributed by atoms with E-state index in [0.717, 1.165) is 37.3 Å². The molecule has 0 aliphatic carbocycles. The molecule has 3 rings (SSSR count). The summed E-state index contributed by atoms with van der Waals surface area (Å²) < 4.78 is 0. The van der Waals surface area contributed by atoms with Crippen LogP contribution in [0.3, 0.4) is 0 Å². The molecule has 0 radical (unpaired) electrons. The van der Waals surface area contributed by atoms with Crippen LogP contribution >= 0.6 is 0 Å². The van der Waals surface area contributed by atoms with Gasteiger partial charge in [0.1, 0.15) is 5.82 Å². The van der Waals surface area contributed by atoms with Gasteiger partial charge in [0.2, 0.25) is 0 Å². The summed E-state index contributed by atoms with van der Waals surface area (Å²) in [5.41, 5.74) is 3.82. The molecule has 1 aromatic carbocycles. The molecule has 3 heteroatoms. The second-order valence-electron chi connectivity index (χ2n) is 4.94. The van der Waals surface area contributed by atoms with Crippen LogP contribution in [0.25, 0.3) is 0 Å². The number of hydrogen-bond acceptors (Lipinski definition) is 3. The Kier molecular flexibility index (Phi) is 3.47. The van der Waals surface area contributed by atoms with Gasteiger partial charge in [0, 0.05) is 19.3 Å². The normalized spacial score (nSPS) is 14.9. The second kappa shape index (κ2) is 5.41. The Morgan fingerprint density at radius 2 is 1.74 bits per heavy atom. The summed E-state index contributed by atoms with van der Waals surface area (Å²) in [6.07, 6.45) is 3.89. The van der Waals surface area contributed by atoms with Crippen LogP contribution in [0.4, 0.5) is 5.82 Å². The van der Waals surface area contributed by atoms with E-state index in [1.54, 1.807) is 6.20 Å². The fourth-order valence-corrected chi connectivity index (χ4v) is 2.63. The Balaban J connectivity index is 1.81. The third-order valence-electron chi connectivity index (χ3n) is 3.74. The molecule has 98 valence electrons. The fraction of sp³-hybridized carbons (Fsp3) is 0.312. The second-order valence-corrected chi connectivity index (χ2v) is 4.94. The number of nitrogens with zero attached hydrogens (tertiary/aromatic N) is 2. The summed E-state index contributed by atoms with van der Waals surface area (Å²) in [7, 11) is 0. The monoisotopic (exact) mass is 254 g/mol. The van der Waals surface area contributed by atoms with Gasteiger partial charge in [0.05, 0.1) is 6.61 Å². The fourth-order valence-electron chi connectivity index (χ4n) is 2.63. The Hall–Kier alpha value is -1.87. The average Bonchev–Trinajstić information content (AvgIpc) is 2.70. The maximum absolute atomic E-state index is 9.21. The van der Waals surface area contributed by atoms with Crippen LogP contribution in [0.2, 0.25) is 0 Å². The summed E-state index contributed by atoms with van der Waals surface area (Å²) in [5, 5.41) is 9.21. The molecular weight excluding hydrogens is 236 g/mol. The zero-order valence-corrected chi connectivity index (χ0v) is 10.9. The smallest absolute Gasteiger partial charge is 0.128 e. The molecule has 0 saturated carbocycles. The van der Waals surface area contributed by atoms with E-state index in [4.69, 9.17) is 0 Å².